The topological polar surface area (TPSA) is 6.48 Å². The van der Waals surface area contributed by atoms with Crippen molar-refractivity contribution in [3.05, 3.63) is 51.7 Å². The third-order valence-electron chi connectivity index (χ3n) is 4.95. The Morgan fingerprint density at radius 1 is 0.800 bits per heavy atom. The van der Waals surface area contributed by atoms with Crippen LogP contribution in [0.5, 0.6) is 0 Å². The Morgan fingerprint density at radius 3 is 1.96 bits per heavy atom. The van der Waals surface area contributed by atoms with E-state index < -0.39 is 0 Å². The second-order valence-corrected chi connectivity index (χ2v) is 10.2. The van der Waals surface area contributed by atoms with Gasteiger partial charge in [0.25, 0.3) is 0 Å². The summed E-state index contributed by atoms with van der Waals surface area (Å²) in [6.45, 7) is 13.1. The van der Waals surface area contributed by atoms with Gasteiger partial charge in [-0.1, -0.05) is 19.8 Å². The van der Waals surface area contributed by atoms with Gasteiger partial charge in [-0.15, -0.1) is 0 Å². The molecule has 1 heterocycles. The van der Waals surface area contributed by atoms with E-state index in [1.165, 1.54) is 31.6 Å². The number of anilines is 2. The van der Waals surface area contributed by atoms with E-state index in [0.717, 1.165) is 26.2 Å². The summed E-state index contributed by atoms with van der Waals surface area (Å²) < 4.78 is 1.47. The number of halogens is 1. The average Bonchev–Trinajstić information content (AvgIpc) is 2.64. The van der Waals surface area contributed by atoms with Crippen LogP contribution in [-0.4, -0.2) is 26.2 Å². The van der Waals surface area contributed by atoms with Crippen LogP contribution in [0.3, 0.4) is 0 Å². The lowest BCUT2D eigenvalue weighted by atomic mass is 10.1. The molecule has 0 amide bonds. The van der Waals surface area contributed by atoms with Gasteiger partial charge in [0, 0.05) is 47.0 Å². The third-order valence-corrected chi connectivity index (χ3v) is 9.27. The number of fused-ring (bicyclic) bond motifs is 2. The van der Waals surface area contributed by atoms with Gasteiger partial charge in [-0.05, 0) is 90.0 Å². The molecule has 0 N–H and O–H groups in total. The number of nitrogens with zero attached hydrogens (tertiary/aromatic N) is 2. The summed E-state index contributed by atoms with van der Waals surface area (Å²) in [4.78, 5) is 6.32. The van der Waals surface area contributed by atoms with Crippen molar-refractivity contribution in [3.63, 3.8) is 0 Å². The quantitative estimate of drug-likeness (QED) is 0.413. The Kier molecular flexibility index (Phi) is 6.10. The van der Waals surface area contributed by atoms with Crippen LogP contribution in [0.25, 0.3) is 6.08 Å². The van der Waals surface area contributed by atoms with Crippen LogP contribution >= 0.6 is 28.9 Å². The first kappa shape index (κ1) is 18.8. The number of benzene rings is 2. The molecule has 1 aliphatic heterocycles. The Bertz CT molecular complexity index is 883. The highest BCUT2D eigenvalue weighted by molar-refractivity contribution is 14.2. The molecule has 1 atom stereocenters. The Labute approximate surface area is 166 Å². The van der Waals surface area contributed by atoms with E-state index in [9.17, 15) is 0 Å². The molecule has 0 spiro atoms. The molecular formula is C21H27IN2S. The van der Waals surface area contributed by atoms with Gasteiger partial charge in [0.1, 0.15) is 0 Å². The van der Waals surface area contributed by atoms with Crippen LogP contribution in [0.4, 0.5) is 11.4 Å². The van der Waals surface area contributed by atoms with Crippen molar-refractivity contribution >= 4 is 46.3 Å². The van der Waals surface area contributed by atoms with E-state index in [0.29, 0.717) is 0 Å². The van der Waals surface area contributed by atoms with Crippen LogP contribution in [0.1, 0.15) is 33.3 Å². The average molecular weight is 466 g/mol. The first-order chi connectivity index (χ1) is 12.1. The minimum atomic E-state index is 0.0838. The van der Waals surface area contributed by atoms with E-state index in [1.807, 2.05) is 0 Å². The van der Waals surface area contributed by atoms with Crippen LogP contribution in [-0.2, 0) is 0 Å². The Hall–Kier alpha value is -1.01. The molecule has 0 saturated carbocycles. The zero-order valence-corrected chi connectivity index (χ0v) is 18.5. The van der Waals surface area contributed by atoms with Crippen molar-refractivity contribution in [2.75, 3.05) is 36.0 Å². The first-order valence-corrected chi connectivity index (χ1v) is 12.9. The van der Waals surface area contributed by atoms with Crippen molar-refractivity contribution < 1.29 is 0 Å². The van der Waals surface area contributed by atoms with E-state index in [4.69, 9.17) is 0 Å². The molecule has 0 aromatic heterocycles. The van der Waals surface area contributed by atoms with Crippen LogP contribution in [0.2, 0.25) is 0 Å². The van der Waals surface area contributed by atoms with Gasteiger partial charge in [0.05, 0.1) is 0 Å². The molecule has 3 rings (SSSR count). The summed E-state index contributed by atoms with van der Waals surface area (Å²) in [7, 11) is 0.0838. The van der Waals surface area contributed by atoms with Crippen LogP contribution < -0.4 is 15.0 Å². The molecule has 1 unspecified atom stereocenters. The summed E-state index contributed by atoms with van der Waals surface area (Å²) in [6.07, 6.45) is 2.35. The second kappa shape index (κ2) is 8.12. The standard InChI is InChI=1S/C21H27IN2S/c1-5-23(6-2)18-11-9-16-13-17-10-12-19(24(7-3)8-4)15-21(17)25(22)20(16)14-18/h9-15H,5-8H2,1-4H3. The van der Waals surface area contributed by atoms with Gasteiger partial charge >= 0.3 is 0 Å². The minimum Gasteiger partial charge on any atom is -0.372 e. The largest absolute Gasteiger partial charge is 0.372 e. The molecule has 2 nitrogen and oxygen atoms in total. The predicted octanol–water partition coefficient (Wildman–Crippen LogP) is 5.45. The van der Waals surface area contributed by atoms with Crippen molar-refractivity contribution in [3.8, 4) is 0 Å². The summed E-state index contributed by atoms with van der Waals surface area (Å²) >= 11 is 2.64. The summed E-state index contributed by atoms with van der Waals surface area (Å²) in [5, 5.41) is 1.37. The number of rotatable bonds is 6. The zero-order chi connectivity index (χ0) is 18.0. The molecule has 1 aliphatic rings. The van der Waals surface area contributed by atoms with Crippen molar-refractivity contribution in [1.82, 2.24) is 0 Å². The van der Waals surface area contributed by atoms with Gasteiger partial charge in [0.2, 0.25) is 0 Å². The van der Waals surface area contributed by atoms with Gasteiger partial charge in [-0.2, -0.15) is 0 Å². The monoisotopic (exact) mass is 466 g/mol. The molecule has 4 heteroatoms. The van der Waals surface area contributed by atoms with Crippen molar-refractivity contribution in [2.45, 2.75) is 32.6 Å². The van der Waals surface area contributed by atoms with Gasteiger partial charge in [-0.25, -0.2) is 0 Å². The van der Waals surface area contributed by atoms with Gasteiger partial charge in [0.15, 0.2) is 0 Å². The Morgan fingerprint density at radius 2 is 1.36 bits per heavy atom. The highest BCUT2D eigenvalue weighted by Gasteiger charge is 2.13. The maximum Gasteiger partial charge on any atom is 0.0377 e. The van der Waals surface area contributed by atoms with Gasteiger partial charge in [-0.3, -0.25) is 0 Å². The Balaban J connectivity index is 2.15. The van der Waals surface area contributed by atoms with Crippen molar-refractivity contribution in [1.29, 1.82) is 0 Å². The minimum absolute atomic E-state index is 0.0838. The maximum atomic E-state index is 2.64. The smallest absolute Gasteiger partial charge is 0.0377 e. The molecule has 0 radical (unpaired) electrons. The van der Waals surface area contributed by atoms with Gasteiger partial charge < -0.3 is 9.80 Å². The van der Waals surface area contributed by atoms with Crippen molar-refractivity contribution in [2.24, 2.45) is 0 Å². The fourth-order valence-electron chi connectivity index (χ4n) is 3.45. The molecule has 25 heavy (non-hydrogen) atoms. The molecule has 2 aromatic carbocycles. The predicted molar refractivity (Wildman–Crippen MR) is 122 cm³/mol. The number of hydrogen-bond donors (Lipinski definition) is 0. The fraction of sp³-hybridized carbons (Fsp3) is 0.381. The SMILES string of the molecule is CCN(CC)c1ccc2c(c1)S(I)=c1cc(N(CC)CC)ccc1=C2. The van der Waals surface area contributed by atoms with E-state index in [-0.39, 0.29) is 7.66 Å². The molecule has 134 valence electrons. The highest BCUT2D eigenvalue weighted by Crippen LogP contribution is 2.43. The summed E-state index contributed by atoms with van der Waals surface area (Å²) in [5.41, 5.74) is 4.06. The highest BCUT2D eigenvalue weighted by atomic mass is 127. The lowest BCUT2D eigenvalue weighted by molar-refractivity contribution is 0.864. The van der Waals surface area contributed by atoms with E-state index >= 15 is 0 Å². The molecule has 0 saturated heterocycles. The zero-order valence-electron chi connectivity index (χ0n) is 15.6. The van der Waals surface area contributed by atoms with Crippen LogP contribution in [0.15, 0.2) is 41.3 Å². The summed E-state index contributed by atoms with van der Waals surface area (Å²) in [5.74, 6) is 0. The molecule has 0 aliphatic carbocycles. The first-order valence-electron chi connectivity index (χ1n) is 9.16. The van der Waals surface area contributed by atoms with E-state index in [1.54, 1.807) is 0 Å². The fourth-order valence-corrected chi connectivity index (χ4v) is 7.09. The normalized spacial score (nSPS) is 15.2. The lowest BCUT2D eigenvalue weighted by Crippen LogP contribution is -2.23. The van der Waals surface area contributed by atoms with Crippen LogP contribution in [0, 0.1) is 4.51 Å². The van der Waals surface area contributed by atoms with E-state index in [2.05, 4.69) is 101 Å². The molecule has 2 aromatic rings. The molecular weight excluding hydrogens is 439 g/mol. The summed E-state index contributed by atoms with van der Waals surface area (Å²) in [6, 6.07) is 13.9. The molecule has 0 fully saturated rings. The lowest BCUT2D eigenvalue weighted by Gasteiger charge is -2.24. The maximum absolute atomic E-state index is 2.64. The molecule has 0 bridgehead atoms. The third kappa shape index (κ3) is 3.61. The number of hydrogen-bond acceptors (Lipinski definition) is 2. The second-order valence-electron chi connectivity index (χ2n) is 6.19.